The fraction of sp³-hybridized carbons (Fsp3) is 0.500. The van der Waals surface area contributed by atoms with E-state index in [4.69, 9.17) is 27.9 Å². The Bertz CT molecular complexity index is 268. The molecular weight excluding hydrogens is 225 g/mol. The molecule has 0 saturated carbocycles. The van der Waals surface area contributed by atoms with Crippen molar-refractivity contribution in [2.45, 2.75) is 6.04 Å². The highest BCUT2D eigenvalue weighted by atomic mass is 35.5. The summed E-state index contributed by atoms with van der Waals surface area (Å²) in [5.41, 5.74) is 0. The lowest BCUT2D eigenvalue weighted by Gasteiger charge is -2.14. The summed E-state index contributed by atoms with van der Waals surface area (Å²) in [5.74, 6) is 0.928. The van der Waals surface area contributed by atoms with Crippen molar-refractivity contribution < 1.29 is 4.74 Å². The van der Waals surface area contributed by atoms with Crippen LogP contribution in [-0.4, -0.2) is 35.6 Å². The van der Waals surface area contributed by atoms with Crippen molar-refractivity contribution in [3.8, 4) is 0 Å². The van der Waals surface area contributed by atoms with Crippen molar-refractivity contribution in [1.82, 2.24) is 9.97 Å². The van der Waals surface area contributed by atoms with Gasteiger partial charge in [-0.25, -0.2) is 9.97 Å². The van der Waals surface area contributed by atoms with Gasteiger partial charge in [-0.3, -0.25) is 0 Å². The third kappa shape index (κ3) is 3.65. The third-order valence-corrected chi connectivity index (χ3v) is 2.08. The van der Waals surface area contributed by atoms with E-state index in [0.717, 1.165) is 0 Å². The zero-order valence-corrected chi connectivity index (χ0v) is 9.22. The van der Waals surface area contributed by atoms with Gasteiger partial charge in [0.1, 0.15) is 0 Å². The lowest BCUT2D eigenvalue weighted by Crippen LogP contribution is -2.27. The van der Waals surface area contributed by atoms with Gasteiger partial charge in [0.25, 0.3) is 0 Å². The van der Waals surface area contributed by atoms with Gasteiger partial charge in [-0.2, -0.15) is 0 Å². The molecule has 0 spiro atoms. The van der Waals surface area contributed by atoms with Gasteiger partial charge in [0.05, 0.1) is 30.1 Å². The van der Waals surface area contributed by atoms with E-state index in [9.17, 15) is 0 Å². The number of ether oxygens (including phenoxy) is 1. The molecule has 1 heterocycles. The highest BCUT2D eigenvalue weighted by Crippen LogP contribution is 2.07. The third-order valence-electron chi connectivity index (χ3n) is 1.51. The van der Waals surface area contributed by atoms with E-state index < -0.39 is 0 Å². The molecule has 4 nitrogen and oxygen atoms in total. The van der Waals surface area contributed by atoms with Crippen LogP contribution in [0, 0.1) is 0 Å². The highest BCUT2D eigenvalue weighted by molar-refractivity contribution is 6.30. The van der Waals surface area contributed by atoms with Crippen LogP contribution in [-0.2, 0) is 4.74 Å². The van der Waals surface area contributed by atoms with E-state index in [2.05, 4.69) is 15.3 Å². The molecule has 1 atom stereocenters. The maximum absolute atomic E-state index is 5.70. The summed E-state index contributed by atoms with van der Waals surface area (Å²) >= 11 is 11.3. The maximum atomic E-state index is 5.70. The molecule has 6 heteroatoms. The Morgan fingerprint density at radius 2 is 2.14 bits per heavy atom. The van der Waals surface area contributed by atoms with Crippen LogP contribution in [0.15, 0.2) is 12.4 Å². The van der Waals surface area contributed by atoms with E-state index in [0.29, 0.717) is 23.5 Å². The van der Waals surface area contributed by atoms with Crippen LogP contribution < -0.4 is 5.32 Å². The molecule has 0 bridgehead atoms. The first-order chi connectivity index (χ1) is 6.76. The first kappa shape index (κ1) is 11.5. The van der Waals surface area contributed by atoms with Gasteiger partial charge in [-0.1, -0.05) is 11.6 Å². The number of hydrogen-bond donors (Lipinski definition) is 1. The van der Waals surface area contributed by atoms with Gasteiger partial charge in [0.2, 0.25) is 5.95 Å². The van der Waals surface area contributed by atoms with Gasteiger partial charge in [0.15, 0.2) is 0 Å². The standard InChI is InChI=1S/C8H11Cl2N3O/c1-14-5-7(2-9)13-8-11-3-6(10)4-12-8/h3-4,7H,2,5H2,1H3,(H,11,12,13). The van der Waals surface area contributed by atoms with Gasteiger partial charge in [0, 0.05) is 13.0 Å². The molecule has 0 radical (unpaired) electrons. The molecule has 0 aliphatic carbocycles. The highest BCUT2D eigenvalue weighted by Gasteiger charge is 2.07. The van der Waals surface area contributed by atoms with E-state index in [1.165, 1.54) is 12.4 Å². The van der Waals surface area contributed by atoms with E-state index in [1.54, 1.807) is 7.11 Å². The second kappa shape index (κ2) is 6.01. The average Bonchev–Trinajstić information content (AvgIpc) is 2.20. The number of rotatable bonds is 5. The Balaban J connectivity index is 2.53. The van der Waals surface area contributed by atoms with Gasteiger partial charge in [-0.15, -0.1) is 11.6 Å². The van der Waals surface area contributed by atoms with Crippen molar-refractivity contribution in [2.75, 3.05) is 24.9 Å². The van der Waals surface area contributed by atoms with Gasteiger partial charge >= 0.3 is 0 Å². The molecule has 0 aliphatic heterocycles. The maximum Gasteiger partial charge on any atom is 0.223 e. The zero-order valence-electron chi connectivity index (χ0n) is 7.70. The summed E-state index contributed by atoms with van der Waals surface area (Å²) in [4.78, 5) is 7.96. The number of aromatic nitrogens is 2. The fourth-order valence-corrected chi connectivity index (χ4v) is 1.16. The average molecular weight is 236 g/mol. The Morgan fingerprint density at radius 1 is 1.50 bits per heavy atom. The molecule has 78 valence electrons. The Hall–Kier alpha value is -0.580. The number of hydrogen-bond acceptors (Lipinski definition) is 4. The van der Waals surface area contributed by atoms with Crippen molar-refractivity contribution in [2.24, 2.45) is 0 Å². The van der Waals surface area contributed by atoms with E-state index >= 15 is 0 Å². The minimum Gasteiger partial charge on any atom is -0.383 e. The summed E-state index contributed by atoms with van der Waals surface area (Å²) in [6.07, 6.45) is 3.05. The second-order valence-corrected chi connectivity index (χ2v) is 3.42. The van der Waals surface area contributed by atoms with Crippen molar-refractivity contribution >= 4 is 29.2 Å². The smallest absolute Gasteiger partial charge is 0.223 e. The summed E-state index contributed by atoms with van der Waals surface area (Å²) in [5, 5.41) is 3.52. The zero-order chi connectivity index (χ0) is 10.4. The fourth-order valence-electron chi connectivity index (χ4n) is 0.895. The molecule has 0 fully saturated rings. The molecule has 0 aromatic carbocycles. The van der Waals surface area contributed by atoms with Crippen LogP contribution in [0.2, 0.25) is 5.02 Å². The SMILES string of the molecule is COCC(CCl)Nc1ncc(Cl)cn1. The van der Waals surface area contributed by atoms with E-state index in [1.807, 2.05) is 0 Å². The Morgan fingerprint density at radius 3 is 2.64 bits per heavy atom. The molecule has 14 heavy (non-hydrogen) atoms. The number of nitrogens with one attached hydrogen (secondary N) is 1. The molecule has 1 N–H and O–H groups in total. The summed E-state index contributed by atoms with van der Waals surface area (Å²) < 4.78 is 4.96. The topological polar surface area (TPSA) is 47.0 Å². The lowest BCUT2D eigenvalue weighted by atomic mass is 10.4. The normalized spacial score (nSPS) is 12.5. The molecule has 0 saturated heterocycles. The van der Waals surface area contributed by atoms with Crippen molar-refractivity contribution in [3.63, 3.8) is 0 Å². The van der Waals surface area contributed by atoms with Crippen LogP contribution in [0.5, 0.6) is 0 Å². The quantitative estimate of drug-likeness (QED) is 0.792. The van der Waals surface area contributed by atoms with Crippen LogP contribution in [0.25, 0.3) is 0 Å². The number of halogens is 2. The number of anilines is 1. The molecule has 1 aromatic heterocycles. The summed E-state index contributed by atoms with van der Waals surface area (Å²) in [6.45, 7) is 0.509. The summed E-state index contributed by atoms with van der Waals surface area (Å²) in [7, 11) is 1.62. The molecule has 0 aliphatic rings. The minimum absolute atomic E-state index is 0.00263. The molecule has 1 aromatic rings. The summed E-state index contributed by atoms with van der Waals surface area (Å²) in [6, 6.07) is 0.00263. The first-order valence-electron chi connectivity index (χ1n) is 4.05. The van der Waals surface area contributed by atoms with Crippen molar-refractivity contribution in [1.29, 1.82) is 0 Å². The Labute approximate surface area is 92.6 Å². The minimum atomic E-state index is 0.00263. The first-order valence-corrected chi connectivity index (χ1v) is 4.96. The molecule has 0 amide bonds. The van der Waals surface area contributed by atoms with Crippen LogP contribution in [0.4, 0.5) is 5.95 Å². The number of methoxy groups -OCH3 is 1. The predicted molar refractivity (Wildman–Crippen MR) is 57.0 cm³/mol. The molecule has 1 rings (SSSR count). The van der Waals surface area contributed by atoms with Crippen LogP contribution in [0.1, 0.15) is 0 Å². The number of alkyl halides is 1. The second-order valence-electron chi connectivity index (χ2n) is 2.68. The van der Waals surface area contributed by atoms with Gasteiger partial charge < -0.3 is 10.1 Å². The van der Waals surface area contributed by atoms with Crippen LogP contribution in [0.3, 0.4) is 0 Å². The van der Waals surface area contributed by atoms with Crippen molar-refractivity contribution in [3.05, 3.63) is 17.4 Å². The number of nitrogens with zero attached hydrogens (tertiary/aromatic N) is 2. The van der Waals surface area contributed by atoms with Gasteiger partial charge in [-0.05, 0) is 0 Å². The largest absolute Gasteiger partial charge is 0.383 e. The monoisotopic (exact) mass is 235 g/mol. The predicted octanol–water partition coefficient (Wildman–Crippen LogP) is 1.80. The molecular formula is C8H11Cl2N3O. The Kier molecular flexibility index (Phi) is 4.93. The van der Waals surface area contributed by atoms with Crippen LogP contribution >= 0.6 is 23.2 Å². The van der Waals surface area contributed by atoms with E-state index in [-0.39, 0.29) is 6.04 Å². The molecule has 1 unspecified atom stereocenters. The lowest BCUT2D eigenvalue weighted by molar-refractivity contribution is 0.191.